The van der Waals surface area contributed by atoms with E-state index in [1.165, 1.54) is 0 Å². The SMILES string of the molecule is CC(C)COC(=O)C[C@H](NC(=O)CNCc1cccc(C(=O)OCC(C)C)c1)C(=O)OCC(C)C. The summed E-state index contributed by atoms with van der Waals surface area (Å²) >= 11 is 0. The zero-order valence-corrected chi connectivity index (χ0v) is 21.7. The summed E-state index contributed by atoms with van der Waals surface area (Å²) in [6.45, 7) is 12.5. The van der Waals surface area contributed by atoms with Crippen molar-refractivity contribution < 1.29 is 33.4 Å². The molecule has 0 fully saturated rings. The first kappa shape index (κ1) is 30.1. The first-order chi connectivity index (χ1) is 16.5. The van der Waals surface area contributed by atoms with Gasteiger partial charge in [-0.1, -0.05) is 53.7 Å². The molecule has 2 N–H and O–H groups in total. The summed E-state index contributed by atoms with van der Waals surface area (Å²) in [6, 6.07) is 5.80. The molecule has 1 rings (SSSR count). The highest BCUT2D eigenvalue weighted by molar-refractivity contribution is 5.90. The fraction of sp³-hybridized carbons (Fsp3) is 0.615. The third-order valence-corrected chi connectivity index (χ3v) is 4.45. The van der Waals surface area contributed by atoms with Crippen molar-refractivity contribution in [1.82, 2.24) is 10.6 Å². The van der Waals surface area contributed by atoms with Crippen molar-refractivity contribution in [2.45, 2.75) is 60.5 Å². The first-order valence-electron chi connectivity index (χ1n) is 12.1. The van der Waals surface area contributed by atoms with Crippen LogP contribution in [0.2, 0.25) is 0 Å². The molecular weight excluding hydrogens is 452 g/mol. The minimum atomic E-state index is -1.14. The van der Waals surface area contributed by atoms with Gasteiger partial charge in [-0.25, -0.2) is 9.59 Å². The lowest BCUT2D eigenvalue weighted by atomic mass is 10.1. The van der Waals surface area contributed by atoms with E-state index in [0.717, 1.165) is 5.56 Å². The Morgan fingerprint density at radius 1 is 0.829 bits per heavy atom. The van der Waals surface area contributed by atoms with Crippen LogP contribution in [0.5, 0.6) is 0 Å². The summed E-state index contributed by atoms with van der Waals surface area (Å²) in [5.41, 5.74) is 1.23. The van der Waals surface area contributed by atoms with Crippen LogP contribution < -0.4 is 10.6 Å². The second-order valence-electron chi connectivity index (χ2n) is 9.72. The predicted octanol–water partition coefficient (Wildman–Crippen LogP) is 2.86. The molecule has 1 atom stereocenters. The molecule has 0 spiro atoms. The Bertz CT molecular complexity index is 837. The highest BCUT2D eigenvalue weighted by atomic mass is 16.5. The van der Waals surface area contributed by atoms with E-state index in [4.69, 9.17) is 14.2 Å². The van der Waals surface area contributed by atoms with E-state index in [1.54, 1.807) is 18.2 Å². The van der Waals surface area contributed by atoms with Crippen molar-refractivity contribution in [3.8, 4) is 0 Å². The number of nitrogens with one attached hydrogen (secondary N) is 2. The molecule has 0 aliphatic rings. The average Bonchev–Trinajstić information content (AvgIpc) is 2.79. The van der Waals surface area contributed by atoms with Gasteiger partial charge in [0.25, 0.3) is 0 Å². The first-order valence-corrected chi connectivity index (χ1v) is 12.1. The van der Waals surface area contributed by atoms with Gasteiger partial charge in [-0.2, -0.15) is 0 Å². The summed E-state index contributed by atoms with van der Waals surface area (Å²) in [6.07, 6.45) is -0.310. The summed E-state index contributed by atoms with van der Waals surface area (Å²) in [4.78, 5) is 49.2. The zero-order chi connectivity index (χ0) is 26.4. The fourth-order valence-corrected chi connectivity index (χ4v) is 2.73. The fourth-order valence-electron chi connectivity index (χ4n) is 2.73. The molecule has 1 aromatic rings. The molecular formula is C26H40N2O7. The third kappa shape index (κ3) is 13.5. The van der Waals surface area contributed by atoms with E-state index in [2.05, 4.69) is 10.6 Å². The van der Waals surface area contributed by atoms with Crippen LogP contribution in [-0.4, -0.2) is 56.2 Å². The molecule has 35 heavy (non-hydrogen) atoms. The van der Waals surface area contributed by atoms with Crippen molar-refractivity contribution in [2.75, 3.05) is 26.4 Å². The third-order valence-electron chi connectivity index (χ3n) is 4.45. The van der Waals surface area contributed by atoms with Crippen molar-refractivity contribution in [2.24, 2.45) is 17.8 Å². The molecule has 0 saturated carbocycles. The number of carbonyl (C=O) groups excluding carboxylic acids is 4. The molecule has 196 valence electrons. The molecule has 0 heterocycles. The summed E-state index contributed by atoms with van der Waals surface area (Å²) in [5, 5.41) is 5.52. The molecule has 0 aliphatic heterocycles. The van der Waals surface area contributed by atoms with E-state index >= 15 is 0 Å². The van der Waals surface area contributed by atoms with E-state index in [9.17, 15) is 19.2 Å². The van der Waals surface area contributed by atoms with Crippen LogP contribution in [0.15, 0.2) is 24.3 Å². The maximum absolute atomic E-state index is 12.5. The number of benzene rings is 1. The molecule has 1 amide bonds. The van der Waals surface area contributed by atoms with Crippen LogP contribution in [0.3, 0.4) is 0 Å². The number of carbonyl (C=O) groups is 4. The number of hydrogen-bond acceptors (Lipinski definition) is 8. The van der Waals surface area contributed by atoms with Crippen LogP contribution in [0, 0.1) is 17.8 Å². The van der Waals surface area contributed by atoms with Gasteiger partial charge in [-0.3, -0.25) is 9.59 Å². The second kappa shape index (κ2) is 15.9. The van der Waals surface area contributed by atoms with Crippen LogP contribution in [0.4, 0.5) is 0 Å². The van der Waals surface area contributed by atoms with Gasteiger partial charge >= 0.3 is 17.9 Å². The van der Waals surface area contributed by atoms with Gasteiger partial charge in [0.15, 0.2) is 0 Å². The highest BCUT2D eigenvalue weighted by Gasteiger charge is 2.26. The monoisotopic (exact) mass is 492 g/mol. The lowest BCUT2D eigenvalue weighted by Crippen LogP contribution is -2.46. The molecule has 1 aromatic carbocycles. The van der Waals surface area contributed by atoms with E-state index in [0.29, 0.717) is 18.7 Å². The molecule has 0 unspecified atom stereocenters. The van der Waals surface area contributed by atoms with Gasteiger partial charge in [-0.15, -0.1) is 0 Å². The van der Waals surface area contributed by atoms with Gasteiger partial charge in [0.1, 0.15) is 6.04 Å². The Kier molecular flexibility index (Phi) is 13.6. The maximum Gasteiger partial charge on any atom is 0.338 e. The van der Waals surface area contributed by atoms with Crippen LogP contribution in [0.25, 0.3) is 0 Å². The average molecular weight is 493 g/mol. The normalized spacial score (nSPS) is 11.9. The minimum absolute atomic E-state index is 0.100. The minimum Gasteiger partial charge on any atom is -0.465 e. The second-order valence-corrected chi connectivity index (χ2v) is 9.72. The van der Waals surface area contributed by atoms with E-state index in [1.807, 2.05) is 47.6 Å². The number of hydrogen-bond donors (Lipinski definition) is 2. The Morgan fingerprint density at radius 2 is 1.43 bits per heavy atom. The number of rotatable bonds is 15. The molecule has 9 nitrogen and oxygen atoms in total. The standard InChI is InChI=1S/C26H40N2O7/c1-17(2)14-33-24(30)11-22(26(32)35-16-19(5)6)28-23(29)13-27-12-20-8-7-9-21(10-20)25(31)34-15-18(3)4/h7-10,17-19,22,27H,11-16H2,1-6H3,(H,28,29)/t22-/m0/s1. The quantitative estimate of drug-likeness (QED) is 0.283. The van der Waals surface area contributed by atoms with Gasteiger partial charge < -0.3 is 24.8 Å². The van der Waals surface area contributed by atoms with Crippen molar-refractivity contribution in [3.05, 3.63) is 35.4 Å². The maximum atomic E-state index is 12.5. The number of esters is 3. The smallest absolute Gasteiger partial charge is 0.338 e. The lowest BCUT2D eigenvalue weighted by molar-refractivity contribution is -0.154. The number of ether oxygens (including phenoxy) is 3. The Balaban J connectivity index is 2.63. The number of amides is 1. The van der Waals surface area contributed by atoms with Gasteiger partial charge in [0, 0.05) is 6.54 Å². The van der Waals surface area contributed by atoms with Gasteiger partial charge in [0.2, 0.25) is 5.91 Å². The molecule has 0 radical (unpaired) electrons. The Morgan fingerprint density at radius 3 is 2.06 bits per heavy atom. The predicted molar refractivity (Wildman–Crippen MR) is 131 cm³/mol. The Hall–Kier alpha value is -2.94. The van der Waals surface area contributed by atoms with Crippen LogP contribution in [-0.2, 0) is 35.1 Å². The van der Waals surface area contributed by atoms with Crippen molar-refractivity contribution in [1.29, 1.82) is 0 Å². The van der Waals surface area contributed by atoms with E-state index < -0.39 is 29.9 Å². The molecule has 0 aliphatic carbocycles. The van der Waals surface area contributed by atoms with Gasteiger partial charge in [0.05, 0.1) is 38.3 Å². The summed E-state index contributed by atoms with van der Waals surface area (Å²) in [7, 11) is 0. The highest BCUT2D eigenvalue weighted by Crippen LogP contribution is 2.08. The zero-order valence-electron chi connectivity index (χ0n) is 21.7. The van der Waals surface area contributed by atoms with Crippen LogP contribution >= 0.6 is 0 Å². The largest absolute Gasteiger partial charge is 0.465 e. The van der Waals surface area contributed by atoms with Crippen molar-refractivity contribution >= 4 is 23.8 Å². The molecule has 9 heteroatoms. The Labute approximate surface area is 208 Å². The molecule has 0 saturated heterocycles. The van der Waals surface area contributed by atoms with Crippen LogP contribution in [0.1, 0.15) is 63.9 Å². The molecule has 0 bridgehead atoms. The topological polar surface area (TPSA) is 120 Å². The van der Waals surface area contributed by atoms with Crippen molar-refractivity contribution in [3.63, 3.8) is 0 Å². The van der Waals surface area contributed by atoms with Gasteiger partial charge in [-0.05, 0) is 35.4 Å². The van der Waals surface area contributed by atoms with E-state index in [-0.39, 0.29) is 43.9 Å². The lowest BCUT2D eigenvalue weighted by Gasteiger charge is -2.18. The summed E-state index contributed by atoms with van der Waals surface area (Å²) in [5.74, 6) is -1.62. The molecule has 0 aromatic heterocycles. The summed E-state index contributed by atoms with van der Waals surface area (Å²) < 4.78 is 15.6.